The molecule has 0 aromatic carbocycles. The van der Waals surface area contributed by atoms with Crippen molar-refractivity contribution in [3.8, 4) is 0 Å². The maximum atomic E-state index is 12.3. The molecule has 0 spiro atoms. The van der Waals surface area contributed by atoms with Crippen LogP contribution in [0.1, 0.15) is 51.4 Å². The number of amides is 1. The molecule has 0 radical (unpaired) electrons. The first-order chi connectivity index (χ1) is 9.84. The van der Waals surface area contributed by atoms with Crippen LogP contribution in [0.3, 0.4) is 0 Å². The molecule has 0 bridgehead atoms. The van der Waals surface area contributed by atoms with E-state index in [1.807, 2.05) is 0 Å². The highest BCUT2D eigenvalue weighted by atomic mass is 16.5. The van der Waals surface area contributed by atoms with Crippen LogP contribution in [0, 0.1) is 5.92 Å². The molecule has 114 valence electrons. The summed E-state index contributed by atoms with van der Waals surface area (Å²) in [5, 5.41) is 0. The molecular weight excluding hydrogens is 254 g/mol. The van der Waals surface area contributed by atoms with Crippen LogP contribution in [-0.4, -0.2) is 49.3 Å². The molecule has 4 heteroatoms. The molecule has 1 saturated carbocycles. The molecule has 2 atom stereocenters. The molecular formula is C16H27NO3. The topological polar surface area (TPSA) is 38.8 Å². The van der Waals surface area contributed by atoms with Gasteiger partial charge in [0.25, 0.3) is 0 Å². The fourth-order valence-corrected chi connectivity index (χ4v) is 4.07. The Hall–Kier alpha value is -0.610. The molecule has 0 aromatic heterocycles. The molecule has 2 saturated heterocycles. The Morgan fingerprint density at radius 2 is 1.95 bits per heavy atom. The van der Waals surface area contributed by atoms with E-state index in [0.717, 1.165) is 31.9 Å². The minimum atomic E-state index is 0.192. The number of carbonyl (C=O) groups excluding carboxylic acids is 1. The second-order valence-electron chi connectivity index (χ2n) is 6.49. The molecule has 2 unspecified atom stereocenters. The third-order valence-corrected chi connectivity index (χ3v) is 5.12. The van der Waals surface area contributed by atoms with Crippen molar-refractivity contribution in [3.05, 3.63) is 0 Å². The van der Waals surface area contributed by atoms with Gasteiger partial charge in [-0.2, -0.15) is 0 Å². The van der Waals surface area contributed by atoms with Crippen LogP contribution < -0.4 is 0 Å². The summed E-state index contributed by atoms with van der Waals surface area (Å²) in [6.07, 6.45) is 10.1. The number of hydrogen-bond acceptors (Lipinski definition) is 3. The van der Waals surface area contributed by atoms with Gasteiger partial charge >= 0.3 is 0 Å². The van der Waals surface area contributed by atoms with E-state index in [1.165, 1.54) is 38.5 Å². The van der Waals surface area contributed by atoms with Gasteiger partial charge in [-0.1, -0.05) is 12.8 Å². The second kappa shape index (κ2) is 6.90. The van der Waals surface area contributed by atoms with Crippen molar-refractivity contribution in [1.82, 2.24) is 4.90 Å². The van der Waals surface area contributed by atoms with E-state index in [1.54, 1.807) is 0 Å². The molecule has 3 aliphatic rings. The normalized spacial score (nSPS) is 31.3. The number of likely N-dealkylation sites (tertiary alicyclic amines) is 1. The summed E-state index contributed by atoms with van der Waals surface area (Å²) >= 11 is 0. The van der Waals surface area contributed by atoms with Gasteiger partial charge in [0, 0.05) is 19.2 Å². The van der Waals surface area contributed by atoms with Crippen LogP contribution >= 0.6 is 0 Å². The molecule has 0 N–H and O–H groups in total. The van der Waals surface area contributed by atoms with Crippen LogP contribution in [0.4, 0.5) is 0 Å². The van der Waals surface area contributed by atoms with Crippen LogP contribution in [0.25, 0.3) is 0 Å². The lowest BCUT2D eigenvalue weighted by molar-refractivity contribution is -0.139. The molecule has 3 fully saturated rings. The Morgan fingerprint density at radius 3 is 2.70 bits per heavy atom. The van der Waals surface area contributed by atoms with Crippen molar-refractivity contribution in [1.29, 1.82) is 0 Å². The van der Waals surface area contributed by atoms with E-state index >= 15 is 0 Å². The Kier molecular flexibility index (Phi) is 4.94. The Balaban J connectivity index is 1.43. The predicted octanol–water partition coefficient (Wildman–Crippen LogP) is 2.36. The van der Waals surface area contributed by atoms with Gasteiger partial charge in [0.2, 0.25) is 5.91 Å². The summed E-state index contributed by atoms with van der Waals surface area (Å²) in [5.74, 6) is 0.942. The maximum absolute atomic E-state index is 12.3. The van der Waals surface area contributed by atoms with Gasteiger partial charge in [-0.15, -0.1) is 0 Å². The van der Waals surface area contributed by atoms with Crippen molar-refractivity contribution in [2.75, 3.05) is 26.4 Å². The molecule has 20 heavy (non-hydrogen) atoms. The SMILES string of the molecule is O=C(COCC1CCCO1)N1CCCC1C1CCCC1. The third kappa shape index (κ3) is 3.34. The summed E-state index contributed by atoms with van der Waals surface area (Å²) in [6.45, 7) is 2.60. The van der Waals surface area contributed by atoms with Crippen LogP contribution in [0.2, 0.25) is 0 Å². The average Bonchev–Trinajstić information content (AvgIpc) is 3.19. The molecule has 4 nitrogen and oxygen atoms in total. The zero-order chi connectivity index (χ0) is 13.8. The summed E-state index contributed by atoms with van der Waals surface area (Å²) in [6, 6.07) is 0.497. The van der Waals surface area contributed by atoms with Gasteiger partial charge in [-0.25, -0.2) is 0 Å². The zero-order valence-electron chi connectivity index (χ0n) is 12.4. The third-order valence-electron chi connectivity index (χ3n) is 5.12. The second-order valence-corrected chi connectivity index (χ2v) is 6.49. The van der Waals surface area contributed by atoms with Gasteiger partial charge in [0.1, 0.15) is 6.61 Å². The number of ether oxygens (including phenoxy) is 2. The summed E-state index contributed by atoms with van der Waals surface area (Å²) in [4.78, 5) is 14.4. The maximum Gasteiger partial charge on any atom is 0.248 e. The summed E-state index contributed by atoms with van der Waals surface area (Å²) in [5.41, 5.74) is 0. The lowest BCUT2D eigenvalue weighted by Gasteiger charge is -2.29. The molecule has 0 aromatic rings. The highest BCUT2D eigenvalue weighted by Crippen LogP contribution is 2.35. The number of nitrogens with zero attached hydrogens (tertiary/aromatic N) is 1. The first-order valence-electron chi connectivity index (χ1n) is 8.33. The first-order valence-corrected chi connectivity index (χ1v) is 8.33. The lowest BCUT2D eigenvalue weighted by Crippen LogP contribution is -2.41. The number of rotatable bonds is 5. The Bertz CT molecular complexity index is 322. The lowest BCUT2D eigenvalue weighted by atomic mass is 9.96. The molecule has 2 aliphatic heterocycles. The van der Waals surface area contributed by atoms with Crippen molar-refractivity contribution < 1.29 is 14.3 Å². The smallest absolute Gasteiger partial charge is 0.248 e. The number of carbonyl (C=O) groups is 1. The zero-order valence-corrected chi connectivity index (χ0v) is 12.4. The molecule has 1 aliphatic carbocycles. The minimum absolute atomic E-state index is 0.192. The molecule has 1 amide bonds. The van der Waals surface area contributed by atoms with Crippen molar-refractivity contribution in [2.24, 2.45) is 5.92 Å². The fourth-order valence-electron chi connectivity index (χ4n) is 4.07. The van der Waals surface area contributed by atoms with Gasteiger partial charge in [-0.3, -0.25) is 4.79 Å². The van der Waals surface area contributed by atoms with E-state index < -0.39 is 0 Å². The highest BCUT2D eigenvalue weighted by Gasteiger charge is 2.35. The van der Waals surface area contributed by atoms with Gasteiger partial charge in [0.05, 0.1) is 12.7 Å². The average molecular weight is 281 g/mol. The highest BCUT2D eigenvalue weighted by molar-refractivity contribution is 5.78. The van der Waals surface area contributed by atoms with Crippen LogP contribution in [-0.2, 0) is 14.3 Å². The molecule has 2 heterocycles. The fraction of sp³-hybridized carbons (Fsp3) is 0.938. The summed E-state index contributed by atoms with van der Waals surface area (Å²) in [7, 11) is 0. The van der Waals surface area contributed by atoms with Gasteiger partial charge in [-0.05, 0) is 44.4 Å². The van der Waals surface area contributed by atoms with E-state index in [-0.39, 0.29) is 18.6 Å². The summed E-state index contributed by atoms with van der Waals surface area (Å²) < 4.78 is 11.1. The predicted molar refractivity (Wildman–Crippen MR) is 76.5 cm³/mol. The largest absolute Gasteiger partial charge is 0.376 e. The molecule has 3 rings (SSSR count). The first kappa shape index (κ1) is 14.3. The quantitative estimate of drug-likeness (QED) is 0.776. The standard InChI is InChI=1S/C16H27NO3/c18-16(12-19-11-14-7-4-10-20-14)17-9-3-8-15(17)13-5-1-2-6-13/h13-15H,1-12H2. The van der Waals surface area contributed by atoms with Crippen molar-refractivity contribution in [3.63, 3.8) is 0 Å². The minimum Gasteiger partial charge on any atom is -0.376 e. The van der Waals surface area contributed by atoms with E-state index in [9.17, 15) is 4.79 Å². The van der Waals surface area contributed by atoms with Gasteiger partial charge < -0.3 is 14.4 Å². The Labute approximate surface area is 121 Å². The van der Waals surface area contributed by atoms with Crippen molar-refractivity contribution in [2.45, 2.75) is 63.5 Å². The van der Waals surface area contributed by atoms with Crippen LogP contribution in [0.5, 0.6) is 0 Å². The van der Waals surface area contributed by atoms with E-state index in [0.29, 0.717) is 12.6 Å². The van der Waals surface area contributed by atoms with Crippen molar-refractivity contribution >= 4 is 5.91 Å². The van der Waals surface area contributed by atoms with E-state index in [2.05, 4.69) is 4.90 Å². The number of hydrogen-bond donors (Lipinski definition) is 0. The Morgan fingerprint density at radius 1 is 1.10 bits per heavy atom. The monoisotopic (exact) mass is 281 g/mol. The van der Waals surface area contributed by atoms with Crippen LogP contribution in [0.15, 0.2) is 0 Å². The van der Waals surface area contributed by atoms with E-state index in [4.69, 9.17) is 9.47 Å². The van der Waals surface area contributed by atoms with Gasteiger partial charge in [0.15, 0.2) is 0 Å².